The number of dihydropyridines is 1. The predicted octanol–water partition coefficient (Wildman–Crippen LogP) is 0.723. The van der Waals surface area contributed by atoms with Gasteiger partial charge in [-0.1, -0.05) is 19.9 Å². The number of hydrogen-bond acceptors (Lipinski definition) is 12. The maximum absolute atomic E-state index is 14.9. The SMILES string of the molecule is CC(O)CNC1=C2C(CCC3(CCO)C(C(C)(O)C(O)C4OCC(C)C4C)CCC23O)C2(CCC3=CNC(N)C=C3)CC(O)C(O)CC2C1=O. The van der Waals surface area contributed by atoms with Gasteiger partial charge in [0, 0.05) is 37.3 Å². The first kappa shape index (κ1) is 37.9. The molecule has 3 saturated carbocycles. The summed E-state index contributed by atoms with van der Waals surface area (Å²) in [6, 6.07) is 0. The van der Waals surface area contributed by atoms with Crippen molar-refractivity contribution in [2.24, 2.45) is 46.2 Å². The summed E-state index contributed by atoms with van der Waals surface area (Å²) in [5.74, 6) is -1.72. The third-order valence-corrected chi connectivity index (χ3v) is 14.3. The Morgan fingerprint density at radius 1 is 1.14 bits per heavy atom. The molecule has 2 heterocycles. The van der Waals surface area contributed by atoms with Crippen molar-refractivity contribution in [1.82, 2.24) is 10.6 Å². The topological polar surface area (TPSA) is 218 Å². The van der Waals surface area contributed by atoms with E-state index in [0.717, 1.165) is 5.57 Å². The molecule has 0 aromatic carbocycles. The smallest absolute Gasteiger partial charge is 0.182 e. The Morgan fingerprint density at radius 3 is 2.50 bits per heavy atom. The van der Waals surface area contributed by atoms with Crippen LogP contribution in [0, 0.1) is 40.4 Å². The van der Waals surface area contributed by atoms with Crippen LogP contribution in [0.5, 0.6) is 0 Å². The molecule has 15 atom stereocenters. The Bertz CT molecular complexity index is 1380. The van der Waals surface area contributed by atoms with Crippen LogP contribution in [0.25, 0.3) is 0 Å². The van der Waals surface area contributed by atoms with Gasteiger partial charge >= 0.3 is 0 Å². The Labute approximate surface area is 295 Å². The first-order chi connectivity index (χ1) is 23.5. The van der Waals surface area contributed by atoms with Crippen LogP contribution >= 0.6 is 0 Å². The first-order valence-electron chi connectivity index (χ1n) is 18.8. The molecule has 12 heteroatoms. The second-order valence-corrected chi connectivity index (χ2v) is 17.0. The van der Waals surface area contributed by atoms with Gasteiger partial charge in [-0.05, 0) is 118 Å². The van der Waals surface area contributed by atoms with Gasteiger partial charge in [0.05, 0.1) is 47.5 Å². The molecule has 0 radical (unpaired) electrons. The van der Waals surface area contributed by atoms with Crippen LogP contribution in [0.3, 0.4) is 0 Å². The van der Waals surface area contributed by atoms with Gasteiger partial charge < -0.3 is 56.8 Å². The van der Waals surface area contributed by atoms with Gasteiger partial charge in [0.25, 0.3) is 0 Å². The Balaban J connectivity index is 1.47. The normalized spacial score (nSPS) is 45.2. The lowest BCUT2D eigenvalue weighted by molar-refractivity contribution is -0.204. The Morgan fingerprint density at radius 2 is 1.88 bits per heavy atom. The molecule has 15 unspecified atom stereocenters. The number of carbonyl (C=O) groups excluding carboxylic acids is 1. The summed E-state index contributed by atoms with van der Waals surface area (Å²) >= 11 is 0. The summed E-state index contributed by atoms with van der Waals surface area (Å²) in [6.45, 7) is 7.56. The number of ketones is 1. The fraction of sp³-hybridized carbons (Fsp3) is 0.816. The standard InChI is InChI=1S/C38H61N3O9/c1-20-19-50-33(22(20)3)34(47)35(4,48)28-9-12-38(49)30-24(8-11-37(28,38)13-14-42)36(10-7-23-5-6-29(39)40-18-23)16-27(45)26(44)15-25(36)32(46)31(30)41-17-21(2)43/h5-6,18,20-22,24-29,33-34,40-45,47-49H,7-17,19,39H2,1-4H3. The molecular weight excluding hydrogens is 642 g/mol. The summed E-state index contributed by atoms with van der Waals surface area (Å²) in [7, 11) is 0. The van der Waals surface area contributed by atoms with Crippen LogP contribution in [-0.4, -0.2) is 109 Å². The van der Waals surface area contributed by atoms with Gasteiger partial charge in [-0.3, -0.25) is 4.79 Å². The zero-order valence-corrected chi connectivity index (χ0v) is 30.1. The second kappa shape index (κ2) is 13.8. The molecular formula is C38H61N3O9. The molecule has 50 heavy (non-hydrogen) atoms. The number of aliphatic hydroxyl groups is 7. The van der Waals surface area contributed by atoms with Crippen LogP contribution in [0.1, 0.15) is 85.5 Å². The highest BCUT2D eigenvalue weighted by atomic mass is 16.5. The number of aliphatic hydroxyl groups excluding tert-OH is 5. The molecule has 6 rings (SSSR count). The second-order valence-electron chi connectivity index (χ2n) is 17.0. The van der Waals surface area contributed by atoms with E-state index in [9.17, 15) is 40.5 Å². The van der Waals surface area contributed by atoms with Crippen molar-refractivity contribution in [1.29, 1.82) is 0 Å². The van der Waals surface area contributed by atoms with E-state index in [0.29, 0.717) is 44.3 Å². The van der Waals surface area contributed by atoms with Crippen molar-refractivity contribution < 1.29 is 45.3 Å². The summed E-state index contributed by atoms with van der Waals surface area (Å²) in [5.41, 5.74) is 2.48. The molecule has 0 spiro atoms. The molecule has 12 nitrogen and oxygen atoms in total. The number of ether oxygens (including phenoxy) is 1. The zero-order chi connectivity index (χ0) is 36.4. The van der Waals surface area contributed by atoms with Gasteiger partial charge in [0.2, 0.25) is 0 Å². The van der Waals surface area contributed by atoms with E-state index in [1.165, 1.54) is 0 Å². The molecule has 11 N–H and O–H groups in total. The van der Waals surface area contributed by atoms with Gasteiger partial charge in [0.1, 0.15) is 6.10 Å². The van der Waals surface area contributed by atoms with Crippen LogP contribution in [0.15, 0.2) is 35.2 Å². The van der Waals surface area contributed by atoms with E-state index in [1.807, 2.05) is 25.3 Å². The average molecular weight is 704 g/mol. The Kier molecular flexibility index (Phi) is 10.5. The largest absolute Gasteiger partial charge is 0.396 e. The van der Waals surface area contributed by atoms with Crippen LogP contribution < -0.4 is 16.4 Å². The fourth-order valence-electron chi connectivity index (χ4n) is 11.4. The van der Waals surface area contributed by atoms with Crippen LogP contribution in [-0.2, 0) is 9.53 Å². The number of Topliss-reactive ketones (excluding diaryl/α,β-unsaturated/α-hetero) is 1. The third kappa shape index (κ3) is 5.91. The van der Waals surface area contributed by atoms with Crippen LogP contribution in [0.4, 0.5) is 0 Å². The molecule has 282 valence electrons. The molecule has 6 aliphatic rings. The third-order valence-electron chi connectivity index (χ3n) is 14.3. The van der Waals surface area contributed by atoms with Crippen molar-refractivity contribution in [3.8, 4) is 0 Å². The molecule has 0 aromatic rings. The van der Waals surface area contributed by atoms with Crippen LogP contribution in [0.2, 0.25) is 0 Å². The van der Waals surface area contributed by atoms with E-state index < -0.39 is 64.4 Å². The average Bonchev–Trinajstić information content (AvgIpc) is 3.57. The summed E-state index contributed by atoms with van der Waals surface area (Å²) in [6.07, 6.45) is 3.52. The van der Waals surface area contributed by atoms with Crippen molar-refractivity contribution in [2.45, 2.75) is 133 Å². The monoisotopic (exact) mass is 703 g/mol. The van der Waals surface area contributed by atoms with Gasteiger partial charge in [-0.25, -0.2) is 0 Å². The van der Waals surface area contributed by atoms with E-state index in [2.05, 4.69) is 17.6 Å². The lowest BCUT2D eigenvalue weighted by Crippen LogP contribution is -2.66. The van der Waals surface area contributed by atoms with Crippen molar-refractivity contribution in [2.75, 3.05) is 19.8 Å². The first-order valence-corrected chi connectivity index (χ1v) is 18.8. The molecule has 0 aromatic heterocycles. The number of rotatable bonds is 11. The minimum Gasteiger partial charge on any atom is -0.396 e. The highest BCUT2D eigenvalue weighted by molar-refractivity contribution is 6.00. The minimum absolute atomic E-state index is 0.00108. The quantitative estimate of drug-likeness (QED) is 0.144. The summed E-state index contributed by atoms with van der Waals surface area (Å²) in [4.78, 5) is 14.9. The van der Waals surface area contributed by atoms with Crippen molar-refractivity contribution in [3.63, 3.8) is 0 Å². The molecule has 1 saturated heterocycles. The summed E-state index contributed by atoms with van der Waals surface area (Å²) in [5, 5.41) is 87.1. The number of nitrogens with one attached hydrogen (secondary N) is 2. The van der Waals surface area contributed by atoms with E-state index in [-0.39, 0.29) is 74.2 Å². The van der Waals surface area contributed by atoms with Gasteiger partial charge in [-0.15, -0.1) is 0 Å². The van der Waals surface area contributed by atoms with E-state index in [1.54, 1.807) is 13.8 Å². The zero-order valence-electron chi connectivity index (χ0n) is 30.1. The minimum atomic E-state index is -1.69. The highest BCUT2D eigenvalue weighted by Crippen LogP contribution is 2.71. The Hall–Kier alpha value is -1.87. The van der Waals surface area contributed by atoms with Crippen molar-refractivity contribution in [3.05, 3.63) is 35.2 Å². The number of allylic oxidation sites excluding steroid dienone is 3. The highest BCUT2D eigenvalue weighted by Gasteiger charge is 2.72. The molecule has 0 bridgehead atoms. The summed E-state index contributed by atoms with van der Waals surface area (Å²) < 4.78 is 6.01. The molecule has 0 amide bonds. The van der Waals surface area contributed by atoms with E-state index in [4.69, 9.17) is 10.5 Å². The molecule has 2 aliphatic heterocycles. The number of carbonyl (C=O) groups is 1. The lowest BCUT2D eigenvalue weighted by Gasteiger charge is -2.63. The number of hydrogen-bond donors (Lipinski definition) is 10. The van der Waals surface area contributed by atoms with Gasteiger partial charge in [-0.2, -0.15) is 0 Å². The predicted molar refractivity (Wildman–Crippen MR) is 186 cm³/mol. The van der Waals surface area contributed by atoms with E-state index >= 15 is 0 Å². The number of nitrogens with two attached hydrogens (primary N) is 1. The maximum Gasteiger partial charge on any atom is 0.182 e. The van der Waals surface area contributed by atoms with Gasteiger partial charge in [0.15, 0.2) is 5.78 Å². The number of fused-ring (bicyclic) bond motifs is 5. The fourth-order valence-corrected chi connectivity index (χ4v) is 11.4. The molecule has 4 aliphatic carbocycles. The molecule has 4 fully saturated rings. The maximum atomic E-state index is 14.9. The lowest BCUT2D eigenvalue weighted by atomic mass is 9.43. The van der Waals surface area contributed by atoms with Crippen molar-refractivity contribution >= 4 is 5.78 Å².